The number of nitrogens with one attached hydrogen (secondary N) is 3. The minimum Gasteiger partial charge on any atom is -0.454 e. The summed E-state index contributed by atoms with van der Waals surface area (Å²) in [6.07, 6.45) is 0. The van der Waals surface area contributed by atoms with Gasteiger partial charge in [0.15, 0.2) is 17.5 Å². The fraction of sp³-hybridized carbons (Fsp3) is 0.263. The van der Waals surface area contributed by atoms with E-state index in [-0.39, 0.29) is 12.7 Å². The third-order valence-corrected chi connectivity index (χ3v) is 4.27. The van der Waals surface area contributed by atoms with E-state index in [4.69, 9.17) is 21.1 Å². The lowest BCUT2D eigenvalue weighted by Gasteiger charge is -2.13. The standard InChI is InChI=1S/C19H21ClN4O3/c1-21-19(24-11-13-6-7-16-17(10-13)27-12-26-16)23-9-8-22-18(25)14-4-2-3-5-15(14)20/h2-7,10H,8-9,11-12H2,1H3,(H,22,25)(H2,21,23,24). The Balaban J connectivity index is 1.40. The number of benzene rings is 2. The largest absolute Gasteiger partial charge is 0.454 e. The van der Waals surface area contributed by atoms with Crippen molar-refractivity contribution >= 4 is 23.5 Å². The number of nitrogens with zero attached hydrogens (tertiary/aromatic N) is 1. The summed E-state index contributed by atoms with van der Waals surface area (Å²) >= 11 is 6.02. The van der Waals surface area contributed by atoms with Crippen LogP contribution in [0.25, 0.3) is 0 Å². The van der Waals surface area contributed by atoms with Gasteiger partial charge in [0, 0.05) is 26.7 Å². The SMILES string of the molecule is CN=C(NCCNC(=O)c1ccccc1Cl)NCc1ccc2c(c1)OCO2. The molecule has 0 aliphatic carbocycles. The van der Waals surface area contributed by atoms with Gasteiger partial charge in [-0.2, -0.15) is 0 Å². The van der Waals surface area contributed by atoms with Crippen LogP contribution in [-0.4, -0.2) is 38.8 Å². The lowest BCUT2D eigenvalue weighted by Crippen LogP contribution is -2.41. The van der Waals surface area contributed by atoms with Crippen molar-refractivity contribution in [2.75, 3.05) is 26.9 Å². The van der Waals surface area contributed by atoms with Gasteiger partial charge in [0.1, 0.15) is 0 Å². The Morgan fingerprint density at radius 2 is 1.85 bits per heavy atom. The maximum atomic E-state index is 12.1. The van der Waals surface area contributed by atoms with E-state index >= 15 is 0 Å². The number of guanidine groups is 1. The summed E-state index contributed by atoms with van der Waals surface area (Å²) in [5, 5.41) is 9.62. The fourth-order valence-corrected chi connectivity index (χ4v) is 2.78. The second kappa shape index (κ2) is 9.14. The molecular weight excluding hydrogens is 368 g/mol. The number of hydrogen-bond acceptors (Lipinski definition) is 4. The average molecular weight is 389 g/mol. The van der Waals surface area contributed by atoms with Gasteiger partial charge in [-0.25, -0.2) is 0 Å². The molecule has 0 spiro atoms. The van der Waals surface area contributed by atoms with E-state index in [0.717, 1.165) is 17.1 Å². The molecule has 0 aromatic heterocycles. The van der Waals surface area contributed by atoms with Gasteiger partial charge >= 0.3 is 0 Å². The first-order valence-electron chi connectivity index (χ1n) is 8.53. The number of fused-ring (bicyclic) bond motifs is 1. The van der Waals surface area contributed by atoms with E-state index in [0.29, 0.717) is 36.2 Å². The van der Waals surface area contributed by atoms with E-state index in [1.807, 2.05) is 18.2 Å². The number of hydrogen-bond donors (Lipinski definition) is 3. The molecule has 1 heterocycles. The molecule has 0 saturated heterocycles. The van der Waals surface area contributed by atoms with Gasteiger partial charge in [-0.15, -0.1) is 0 Å². The molecule has 1 aliphatic rings. The van der Waals surface area contributed by atoms with E-state index in [1.54, 1.807) is 31.3 Å². The zero-order valence-corrected chi connectivity index (χ0v) is 15.7. The molecule has 1 amide bonds. The Morgan fingerprint density at radius 1 is 1.07 bits per heavy atom. The first-order chi connectivity index (χ1) is 13.2. The maximum Gasteiger partial charge on any atom is 0.252 e. The predicted octanol–water partition coefficient (Wildman–Crippen LogP) is 2.16. The molecule has 0 saturated carbocycles. The second-order valence-corrected chi connectivity index (χ2v) is 6.18. The van der Waals surface area contributed by atoms with Gasteiger partial charge < -0.3 is 25.4 Å². The van der Waals surface area contributed by atoms with Crippen molar-refractivity contribution in [2.45, 2.75) is 6.54 Å². The first kappa shape index (κ1) is 18.8. The third-order valence-electron chi connectivity index (χ3n) is 3.94. The third kappa shape index (κ3) is 5.04. The molecule has 3 rings (SSSR count). The summed E-state index contributed by atoms with van der Waals surface area (Å²) in [6, 6.07) is 12.7. The highest BCUT2D eigenvalue weighted by atomic mass is 35.5. The van der Waals surface area contributed by atoms with Crippen molar-refractivity contribution in [1.29, 1.82) is 0 Å². The lowest BCUT2D eigenvalue weighted by atomic mass is 10.2. The topological polar surface area (TPSA) is 84.0 Å². The zero-order valence-electron chi connectivity index (χ0n) is 14.9. The highest BCUT2D eigenvalue weighted by Gasteiger charge is 2.13. The molecule has 142 valence electrons. The van der Waals surface area contributed by atoms with Gasteiger partial charge in [0.05, 0.1) is 10.6 Å². The molecule has 3 N–H and O–H groups in total. The average Bonchev–Trinajstić information content (AvgIpc) is 3.15. The summed E-state index contributed by atoms with van der Waals surface area (Å²) in [7, 11) is 1.69. The van der Waals surface area contributed by atoms with Gasteiger partial charge in [-0.05, 0) is 29.8 Å². The Bertz CT molecular complexity index is 841. The number of carbonyl (C=O) groups is 1. The van der Waals surface area contributed by atoms with Crippen LogP contribution < -0.4 is 25.4 Å². The maximum absolute atomic E-state index is 12.1. The smallest absolute Gasteiger partial charge is 0.252 e. The monoisotopic (exact) mass is 388 g/mol. The van der Waals surface area contributed by atoms with Crippen molar-refractivity contribution < 1.29 is 14.3 Å². The quantitative estimate of drug-likeness (QED) is 0.401. The van der Waals surface area contributed by atoms with Crippen molar-refractivity contribution in [2.24, 2.45) is 4.99 Å². The second-order valence-electron chi connectivity index (χ2n) is 5.78. The van der Waals surface area contributed by atoms with Crippen molar-refractivity contribution in [3.8, 4) is 11.5 Å². The Hall–Kier alpha value is -2.93. The van der Waals surface area contributed by atoms with Crippen LogP contribution in [0, 0.1) is 0 Å². The van der Waals surface area contributed by atoms with Crippen LogP contribution in [0.4, 0.5) is 0 Å². The Morgan fingerprint density at radius 3 is 2.67 bits per heavy atom. The summed E-state index contributed by atoms with van der Waals surface area (Å²) in [5.74, 6) is 1.94. The summed E-state index contributed by atoms with van der Waals surface area (Å²) in [6.45, 7) is 1.81. The molecule has 2 aromatic rings. The molecule has 1 aliphatic heterocycles. The summed E-state index contributed by atoms with van der Waals surface area (Å²) < 4.78 is 10.7. The predicted molar refractivity (Wildman–Crippen MR) is 105 cm³/mol. The molecule has 7 nitrogen and oxygen atoms in total. The van der Waals surface area contributed by atoms with Crippen LogP contribution >= 0.6 is 11.6 Å². The number of rotatable bonds is 6. The zero-order chi connectivity index (χ0) is 19.1. The number of aliphatic imine (C=N–C) groups is 1. The van der Waals surface area contributed by atoms with Crippen LogP contribution in [0.15, 0.2) is 47.5 Å². The van der Waals surface area contributed by atoms with Crippen molar-refractivity contribution in [3.05, 3.63) is 58.6 Å². The van der Waals surface area contributed by atoms with Gasteiger partial charge in [0.25, 0.3) is 5.91 Å². The van der Waals surface area contributed by atoms with Crippen molar-refractivity contribution in [3.63, 3.8) is 0 Å². The number of amides is 1. The van der Waals surface area contributed by atoms with E-state index in [2.05, 4.69) is 20.9 Å². The van der Waals surface area contributed by atoms with Gasteiger partial charge in [-0.1, -0.05) is 29.8 Å². The number of halogens is 1. The minimum atomic E-state index is -0.203. The Kier molecular flexibility index (Phi) is 6.38. The van der Waals surface area contributed by atoms with E-state index < -0.39 is 0 Å². The normalized spacial score (nSPS) is 12.6. The van der Waals surface area contributed by atoms with E-state index in [1.165, 1.54) is 0 Å². The molecular formula is C19H21ClN4O3. The van der Waals surface area contributed by atoms with Crippen molar-refractivity contribution in [1.82, 2.24) is 16.0 Å². The van der Waals surface area contributed by atoms with Gasteiger partial charge in [0.2, 0.25) is 6.79 Å². The highest BCUT2D eigenvalue weighted by molar-refractivity contribution is 6.33. The molecule has 0 fully saturated rings. The van der Waals surface area contributed by atoms with Gasteiger partial charge in [-0.3, -0.25) is 9.79 Å². The molecule has 2 aromatic carbocycles. The molecule has 0 atom stereocenters. The summed E-state index contributed by atoms with van der Waals surface area (Å²) in [4.78, 5) is 16.3. The van der Waals surface area contributed by atoms with Crippen LogP contribution in [0.2, 0.25) is 5.02 Å². The van der Waals surface area contributed by atoms with Crippen LogP contribution in [0.3, 0.4) is 0 Å². The lowest BCUT2D eigenvalue weighted by molar-refractivity contribution is 0.0954. The minimum absolute atomic E-state index is 0.203. The molecule has 27 heavy (non-hydrogen) atoms. The molecule has 0 unspecified atom stereocenters. The van der Waals surface area contributed by atoms with E-state index in [9.17, 15) is 4.79 Å². The number of carbonyl (C=O) groups excluding carboxylic acids is 1. The summed E-state index contributed by atoms with van der Waals surface area (Å²) in [5.41, 5.74) is 1.51. The van der Waals surface area contributed by atoms with Crippen LogP contribution in [0.5, 0.6) is 11.5 Å². The Labute approximate surface area is 162 Å². The molecule has 8 heteroatoms. The highest BCUT2D eigenvalue weighted by Crippen LogP contribution is 2.32. The molecule has 0 radical (unpaired) electrons. The number of ether oxygens (including phenoxy) is 2. The van der Waals surface area contributed by atoms with Crippen LogP contribution in [-0.2, 0) is 6.54 Å². The van der Waals surface area contributed by atoms with Crippen LogP contribution in [0.1, 0.15) is 15.9 Å². The molecule has 0 bridgehead atoms. The first-order valence-corrected chi connectivity index (χ1v) is 8.91. The fourth-order valence-electron chi connectivity index (χ4n) is 2.55.